The molecule has 2 aromatic carbocycles. The molecule has 0 bridgehead atoms. The minimum absolute atomic E-state index is 0.268. The molecule has 10 heteroatoms. The van der Waals surface area contributed by atoms with E-state index in [1.54, 1.807) is 55.3 Å². The average Bonchev–Trinajstić information content (AvgIpc) is 3.16. The fourth-order valence-corrected chi connectivity index (χ4v) is 5.89. The van der Waals surface area contributed by atoms with Gasteiger partial charge in [0.25, 0.3) is 5.56 Å². The zero-order valence-electron chi connectivity index (χ0n) is 21.3. The van der Waals surface area contributed by atoms with Crippen LogP contribution in [0.1, 0.15) is 37.9 Å². The van der Waals surface area contributed by atoms with Crippen molar-refractivity contribution in [3.8, 4) is 11.5 Å². The Kier molecular flexibility index (Phi) is 8.16. The number of esters is 1. The first-order valence-corrected chi connectivity index (χ1v) is 13.9. The van der Waals surface area contributed by atoms with E-state index < -0.39 is 12.0 Å². The molecular weight excluding hydrogens is 532 g/mol. The largest absolute Gasteiger partial charge is 0.493 e. The van der Waals surface area contributed by atoms with Gasteiger partial charge in [0, 0.05) is 4.90 Å². The second-order valence-electron chi connectivity index (χ2n) is 8.55. The van der Waals surface area contributed by atoms with E-state index in [-0.39, 0.29) is 11.7 Å². The lowest BCUT2D eigenvalue weighted by molar-refractivity contribution is -0.143. The number of allylic oxidation sites excluding steroid dienone is 1. The molecule has 0 radical (unpaired) electrons. The maximum atomic E-state index is 13.8. The summed E-state index contributed by atoms with van der Waals surface area (Å²) < 4.78 is 18.3. The number of carbonyl (C=O) groups excluding carboxylic acids is 1. The number of nitrogens with zero attached hydrogens (tertiary/aromatic N) is 2. The number of halogens is 1. The van der Waals surface area contributed by atoms with Crippen LogP contribution in [0.5, 0.6) is 11.5 Å². The van der Waals surface area contributed by atoms with E-state index in [4.69, 9.17) is 25.8 Å². The van der Waals surface area contributed by atoms with Crippen molar-refractivity contribution in [2.45, 2.75) is 37.8 Å². The first-order valence-electron chi connectivity index (χ1n) is 11.5. The van der Waals surface area contributed by atoms with Gasteiger partial charge < -0.3 is 14.2 Å². The van der Waals surface area contributed by atoms with Gasteiger partial charge >= 0.3 is 5.97 Å². The van der Waals surface area contributed by atoms with Crippen LogP contribution in [0, 0.1) is 0 Å². The Morgan fingerprint density at radius 3 is 2.49 bits per heavy atom. The molecule has 194 valence electrons. The highest BCUT2D eigenvalue weighted by atomic mass is 35.5. The molecule has 0 amide bonds. The monoisotopic (exact) mass is 558 g/mol. The molecule has 1 aliphatic rings. The fourth-order valence-electron chi connectivity index (χ4n) is 4.13. The third kappa shape index (κ3) is 5.35. The van der Waals surface area contributed by atoms with Gasteiger partial charge in [0.05, 0.1) is 47.2 Å². The number of fused-ring (bicyclic) bond motifs is 1. The van der Waals surface area contributed by atoms with E-state index in [0.29, 0.717) is 42.7 Å². The summed E-state index contributed by atoms with van der Waals surface area (Å²) in [5.41, 5.74) is 2.06. The minimum atomic E-state index is -0.672. The van der Waals surface area contributed by atoms with Crippen LogP contribution in [-0.2, 0) is 9.53 Å². The molecule has 37 heavy (non-hydrogen) atoms. The second kappa shape index (κ2) is 11.2. The van der Waals surface area contributed by atoms with Crippen LogP contribution < -0.4 is 24.4 Å². The summed E-state index contributed by atoms with van der Waals surface area (Å²) in [5, 5.41) is 0.363. The lowest BCUT2D eigenvalue weighted by Gasteiger charge is -2.25. The molecule has 7 nitrogen and oxygen atoms in total. The quantitative estimate of drug-likeness (QED) is 0.312. The Balaban J connectivity index is 1.93. The van der Waals surface area contributed by atoms with Gasteiger partial charge in [-0.05, 0) is 68.5 Å². The Labute approximate surface area is 228 Å². The second-order valence-corrected chi connectivity index (χ2v) is 10.8. The molecule has 1 unspecified atom stereocenters. The Bertz CT molecular complexity index is 1560. The topological polar surface area (TPSA) is 79.1 Å². The average molecular weight is 559 g/mol. The van der Waals surface area contributed by atoms with Crippen LogP contribution in [0.25, 0.3) is 6.08 Å². The third-order valence-corrected chi connectivity index (χ3v) is 7.78. The molecule has 0 N–H and O–H groups in total. The van der Waals surface area contributed by atoms with Gasteiger partial charge in [0.15, 0.2) is 16.3 Å². The standard InChI is InChI=1S/C27H27ClN2O5S2/c1-14(2)35-26(32)22-15(3)29-27-30(23(22)17-7-9-18(36-6)10-8-17)25(31)21(37-27)13-16-11-19(28)24(34-5)20(12-16)33-4/h7-14,23H,1-6H3/b21-13+. The molecule has 0 fully saturated rings. The number of hydrogen-bond donors (Lipinski definition) is 0. The van der Waals surface area contributed by atoms with Crippen molar-refractivity contribution in [2.24, 2.45) is 4.99 Å². The lowest BCUT2D eigenvalue weighted by atomic mass is 9.96. The van der Waals surface area contributed by atoms with Crippen molar-refractivity contribution in [3.63, 3.8) is 0 Å². The Morgan fingerprint density at radius 1 is 1.19 bits per heavy atom. The summed E-state index contributed by atoms with van der Waals surface area (Å²) in [5.74, 6) is 0.381. The first kappa shape index (κ1) is 27.0. The molecule has 3 aromatic rings. The Hall–Kier alpha value is -3.01. The SMILES string of the molecule is COc1cc(/C=c2/sc3n(c2=O)C(c2ccc(SC)cc2)C(C(=O)OC(C)C)=C(C)N=3)cc(Cl)c1OC. The summed E-state index contributed by atoms with van der Waals surface area (Å²) in [6, 6.07) is 10.6. The van der Waals surface area contributed by atoms with Gasteiger partial charge in [-0.15, -0.1) is 11.8 Å². The molecule has 1 aliphatic heterocycles. The van der Waals surface area contributed by atoms with Gasteiger partial charge in [-0.1, -0.05) is 35.1 Å². The molecule has 2 heterocycles. The van der Waals surface area contributed by atoms with E-state index in [1.807, 2.05) is 30.5 Å². The number of rotatable bonds is 7. The van der Waals surface area contributed by atoms with Crippen LogP contribution in [-0.4, -0.2) is 37.1 Å². The highest BCUT2D eigenvalue weighted by molar-refractivity contribution is 7.98. The molecule has 1 aromatic heterocycles. The number of thioether (sulfide) groups is 1. The van der Waals surface area contributed by atoms with E-state index in [0.717, 1.165) is 10.5 Å². The van der Waals surface area contributed by atoms with Crippen LogP contribution in [0.3, 0.4) is 0 Å². The smallest absolute Gasteiger partial charge is 0.338 e. The molecular formula is C27H27ClN2O5S2. The molecule has 0 aliphatic carbocycles. The van der Waals surface area contributed by atoms with Crippen molar-refractivity contribution in [1.82, 2.24) is 4.57 Å². The van der Waals surface area contributed by atoms with Gasteiger partial charge in [-0.25, -0.2) is 9.79 Å². The summed E-state index contributed by atoms with van der Waals surface area (Å²) in [6.45, 7) is 5.35. The van der Waals surface area contributed by atoms with E-state index in [9.17, 15) is 9.59 Å². The number of hydrogen-bond acceptors (Lipinski definition) is 8. The van der Waals surface area contributed by atoms with Gasteiger partial charge in [0.2, 0.25) is 0 Å². The zero-order valence-corrected chi connectivity index (χ0v) is 23.7. The number of benzene rings is 2. The molecule has 1 atom stereocenters. The number of thiazole rings is 1. The third-order valence-electron chi connectivity index (χ3n) is 5.77. The fraction of sp³-hybridized carbons (Fsp3) is 0.296. The molecule has 0 saturated carbocycles. The highest BCUT2D eigenvalue weighted by Gasteiger charge is 2.33. The molecule has 4 rings (SSSR count). The van der Waals surface area contributed by atoms with Crippen LogP contribution in [0.15, 0.2) is 62.4 Å². The van der Waals surface area contributed by atoms with Crippen molar-refractivity contribution in [2.75, 3.05) is 20.5 Å². The maximum absolute atomic E-state index is 13.8. The van der Waals surface area contributed by atoms with Crippen molar-refractivity contribution >= 4 is 46.7 Å². The Morgan fingerprint density at radius 2 is 1.89 bits per heavy atom. The van der Waals surface area contributed by atoms with E-state index >= 15 is 0 Å². The van der Waals surface area contributed by atoms with Gasteiger partial charge in [-0.2, -0.15) is 0 Å². The van der Waals surface area contributed by atoms with Crippen molar-refractivity contribution in [1.29, 1.82) is 0 Å². The number of ether oxygens (including phenoxy) is 3. The minimum Gasteiger partial charge on any atom is -0.493 e. The van der Waals surface area contributed by atoms with Crippen molar-refractivity contribution in [3.05, 3.63) is 83.5 Å². The normalized spacial score (nSPS) is 15.5. The summed E-state index contributed by atoms with van der Waals surface area (Å²) >= 11 is 9.24. The van der Waals surface area contributed by atoms with E-state index in [1.165, 1.54) is 25.6 Å². The lowest BCUT2D eigenvalue weighted by Crippen LogP contribution is -2.40. The van der Waals surface area contributed by atoms with E-state index in [2.05, 4.69) is 4.99 Å². The number of aromatic nitrogens is 1. The van der Waals surface area contributed by atoms with Crippen molar-refractivity contribution < 1.29 is 19.0 Å². The zero-order chi connectivity index (χ0) is 26.9. The van der Waals surface area contributed by atoms with Gasteiger partial charge in [0.1, 0.15) is 0 Å². The van der Waals surface area contributed by atoms with Gasteiger partial charge in [-0.3, -0.25) is 9.36 Å². The predicted octanol–water partition coefficient (Wildman–Crippen LogP) is 4.58. The summed E-state index contributed by atoms with van der Waals surface area (Å²) in [4.78, 5) is 33.2. The predicted molar refractivity (Wildman–Crippen MR) is 148 cm³/mol. The maximum Gasteiger partial charge on any atom is 0.338 e. The molecule has 0 spiro atoms. The first-order chi connectivity index (χ1) is 17.7. The van der Waals surface area contributed by atoms with Crippen LogP contribution in [0.4, 0.5) is 0 Å². The highest BCUT2D eigenvalue weighted by Crippen LogP contribution is 2.36. The summed E-state index contributed by atoms with van der Waals surface area (Å²) in [7, 11) is 3.03. The van der Waals surface area contributed by atoms with Crippen LogP contribution >= 0.6 is 34.7 Å². The summed E-state index contributed by atoms with van der Waals surface area (Å²) in [6.07, 6.45) is 3.41. The number of methoxy groups -OCH3 is 2. The van der Waals surface area contributed by atoms with Crippen LogP contribution in [0.2, 0.25) is 5.02 Å². The molecule has 0 saturated heterocycles. The number of carbonyl (C=O) groups is 1.